The number of unbranched alkanes of at least 4 members (excludes halogenated alkanes) is 1. The van der Waals surface area contributed by atoms with E-state index in [1.54, 1.807) is 6.20 Å². The highest BCUT2D eigenvalue weighted by Gasteiger charge is 2.19. The van der Waals surface area contributed by atoms with Gasteiger partial charge in [0.15, 0.2) is 15.7 Å². The van der Waals surface area contributed by atoms with Crippen LogP contribution in [0.2, 0.25) is 0 Å². The van der Waals surface area contributed by atoms with E-state index in [1.807, 2.05) is 6.92 Å². The Morgan fingerprint density at radius 2 is 2.15 bits per heavy atom. The molecule has 0 saturated heterocycles. The van der Waals surface area contributed by atoms with Gasteiger partial charge < -0.3 is 4.52 Å². The van der Waals surface area contributed by atoms with Crippen molar-refractivity contribution in [2.75, 3.05) is 0 Å². The quantitative estimate of drug-likeness (QED) is 0.779. The fourth-order valence-electron chi connectivity index (χ4n) is 1.71. The second-order valence-electron chi connectivity index (χ2n) is 4.59. The molecule has 0 aliphatic heterocycles. The third-order valence-electron chi connectivity index (χ3n) is 2.64. The SMILES string of the molecule is CCCCc1noc(CS(=O)(=O)Cc2cnc(C)s2)n1. The van der Waals surface area contributed by atoms with Crippen LogP contribution >= 0.6 is 11.3 Å². The van der Waals surface area contributed by atoms with Gasteiger partial charge in [-0.25, -0.2) is 13.4 Å². The van der Waals surface area contributed by atoms with Gasteiger partial charge in [-0.15, -0.1) is 11.3 Å². The van der Waals surface area contributed by atoms with Gasteiger partial charge in [-0.05, 0) is 13.3 Å². The number of nitrogens with zero attached hydrogens (tertiary/aromatic N) is 3. The van der Waals surface area contributed by atoms with E-state index in [9.17, 15) is 8.42 Å². The second kappa shape index (κ2) is 6.45. The summed E-state index contributed by atoms with van der Waals surface area (Å²) in [5, 5.41) is 4.65. The van der Waals surface area contributed by atoms with Gasteiger partial charge in [0.1, 0.15) is 5.75 Å². The third-order valence-corrected chi connectivity index (χ3v) is 5.17. The number of sulfone groups is 1. The summed E-state index contributed by atoms with van der Waals surface area (Å²) >= 11 is 1.38. The standard InChI is InChI=1S/C12H17N3O3S2/c1-3-4-5-11-14-12(18-15-11)8-20(16,17)7-10-6-13-9(2)19-10/h6H,3-5,7-8H2,1-2H3. The molecule has 0 radical (unpaired) electrons. The largest absolute Gasteiger partial charge is 0.338 e. The van der Waals surface area contributed by atoms with Crippen LogP contribution in [-0.4, -0.2) is 23.5 Å². The second-order valence-corrected chi connectivity index (χ2v) is 7.97. The predicted molar refractivity (Wildman–Crippen MR) is 76.1 cm³/mol. The maximum Gasteiger partial charge on any atom is 0.241 e. The number of hydrogen-bond donors (Lipinski definition) is 0. The maximum atomic E-state index is 12.1. The minimum Gasteiger partial charge on any atom is -0.338 e. The van der Waals surface area contributed by atoms with Crippen molar-refractivity contribution >= 4 is 21.2 Å². The summed E-state index contributed by atoms with van der Waals surface area (Å²) in [4.78, 5) is 8.89. The minimum absolute atomic E-state index is 0.0365. The monoisotopic (exact) mass is 315 g/mol. The molecule has 110 valence electrons. The lowest BCUT2D eigenvalue weighted by molar-refractivity contribution is 0.382. The van der Waals surface area contributed by atoms with Crippen LogP contribution in [0.4, 0.5) is 0 Å². The summed E-state index contributed by atoms with van der Waals surface area (Å²) in [6.45, 7) is 3.92. The van der Waals surface area contributed by atoms with Crippen LogP contribution < -0.4 is 0 Å². The van der Waals surface area contributed by atoms with Crippen LogP contribution in [0, 0.1) is 6.92 Å². The van der Waals surface area contributed by atoms with E-state index in [0.29, 0.717) is 12.2 Å². The molecule has 2 rings (SSSR count). The molecule has 0 atom stereocenters. The molecule has 0 aliphatic rings. The van der Waals surface area contributed by atoms with Crippen LogP contribution in [0.25, 0.3) is 0 Å². The average molecular weight is 315 g/mol. The van der Waals surface area contributed by atoms with Crippen molar-refractivity contribution in [3.63, 3.8) is 0 Å². The molecule has 0 fully saturated rings. The van der Waals surface area contributed by atoms with Gasteiger partial charge in [0, 0.05) is 17.5 Å². The lowest BCUT2D eigenvalue weighted by atomic mass is 10.2. The molecule has 0 amide bonds. The Balaban J connectivity index is 1.99. The normalized spacial score (nSPS) is 11.9. The molecule has 0 aliphatic carbocycles. The first kappa shape index (κ1) is 15.1. The van der Waals surface area contributed by atoms with Crippen molar-refractivity contribution < 1.29 is 12.9 Å². The summed E-state index contributed by atoms with van der Waals surface area (Å²) in [6.07, 6.45) is 4.31. The Morgan fingerprint density at radius 1 is 1.35 bits per heavy atom. The molecular formula is C12H17N3O3S2. The number of aryl methyl sites for hydroxylation is 2. The molecule has 2 heterocycles. The smallest absolute Gasteiger partial charge is 0.241 e. The molecule has 2 aromatic heterocycles. The molecule has 0 N–H and O–H groups in total. The average Bonchev–Trinajstić information content (AvgIpc) is 2.95. The fraction of sp³-hybridized carbons (Fsp3) is 0.583. The zero-order chi connectivity index (χ0) is 14.6. The fourth-order valence-corrected chi connectivity index (χ4v) is 4.18. The Bertz CT molecular complexity index is 661. The van der Waals surface area contributed by atoms with Crippen LogP contribution in [0.15, 0.2) is 10.7 Å². The molecule has 0 saturated carbocycles. The Hall–Kier alpha value is -1.28. The van der Waals surface area contributed by atoms with E-state index < -0.39 is 9.84 Å². The van der Waals surface area contributed by atoms with E-state index in [1.165, 1.54) is 11.3 Å². The maximum absolute atomic E-state index is 12.1. The van der Waals surface area contributed by atoms with Crippen molar-refractivity contribution in [1.29, 1.82) is 0 Å². The number of thiazole rings is 1. The van der Waals surface area contributed by atoms with Crippen LogP contribution in [0.3, 0.4) is 0 Å². The molecule has 2 aromatic rings. The van der Waals surface area contributed by atoms with Gasteiger partial charge in [0.2, 0.25) is 5.89 Å². The zero-order valence-corrected chi connectivity index (χ0v) is 13.1. The van der Waals surface area contributed by atoms with E-state index in [4.69, 9.17) is 4.52 Å². The topological polar surface area (TPSA) is 86.0 Å². The van der Waals surface area contributed by atoms with Gasteiger partial charge >= 0.3 is 0 Å². The van der Waals surface area contributed by atoms with Gasteiger partial charge in [-0.1, -0.05) is 18.5 Å². The summed E-state index contributed by atoms with van der Waals surface area (Å²) < 4.78 is 29.1. The minimum atomic E-state index is -3.31. The van der Waals surface area contributed by atoms with Crippen molar-refractivity contribution in [3.8, 4) is 0 Å². The third kappa shape index (κ3) is 4.38. The van der Waals surface area contributed by atoms with E-state index in [0.717, 1.165) is 22.7 Å². The van der Waals surface area contributed by atoms with E-state index in [-0.39, 0.29) is 17.4 Å². The highest BCUT2D eigenvalue weighted by Crippen LogP contribution is 2.17. The van der Waals surface area contributed by atoms with Gasteiger partial charge in [-0.2, -0.15) is 4.98 Å². The summed E-state index contributed by atoms with van der Waals surface area (Å²) in [6, 6.07) is 0. The molecule has 6 nitrogen and oxygen atoms in total. The van der Waals surface area contributed by atoms with Crippen molar-refractivity contribution in [2.24, 2.45) is 0 Å². The Kier molecular flexibility index (Phi) is 4.87. The van der Waals surface area contributed by atoms with Crippen molar-refractivity contribution in [3.05, 3.63) is 27.8 Å². The van der Waals surface area contributed by atoms with Crippen molar-refractivity contribution in [1.82, 2.24) is 15.1 Å². The Labute approximate surface area is 122 Å². The van der Waals surface area contributed by atoms with Gasteiger partial charge in [-0.3, -0.25) is 0 Å². The summed E-state index contributed by atoms with van der Waals surface area (Å²) in [5.74, 6) is 0.483. The lowest BCUT2D eigenvalue weighted by Crippen LogP contribution is -2.07. The molecule has 0 aromatic carbocycles. The summed E-state index contributed by atoms with van der Waals surface area (Å²) in [7, 11) is -3.31. The first-order valence-corrected chi connectivity index (χ1v) is 9.05. The van der Waals surface area contributed by atoms with E-state index >= 15 is 0 Å². The van der Waals surface area contributed by atoms with Crippen molar-refractivity contribution in [2.45, 2.75) is 44.6 Å². The van der Waals surface area contributed by atoms with Gasteiger partial charge in [0.25, 0.3) is 0 Å². The Morgan fingerprint density at radius 3 is 2.80 bits per heavy atom. The van der Waals surface area contributed by atoms with E-state index in [2.05, 4.69) is 22.0 Å². The molecule has 0 unspecified atom stereocenters. The zero-order valence-electron chi connectivity index (χ0n) is 11.5. The van der Waals surface area contributed by atoms with Crippen LogP contribution in [0.1, 0.15) is 41.4 Å². The van der Waals surface area contributed by atoms with Gasteiger partial charge in [0.05, 0.1) is 10.8 Å². The van der Waals surface area contributed by atoms with Crippen LogP contribution in [-0.2, 0) is 27.8 Å². The molecular weight excluding hydrogens is 298 g/mol. The lowest BCUT2D eigenvalue weighted by Gasteiger charge is -1.97. The molecule has 20 heavy (non-hydrogen) atoms. The number of aromatic nitrogens is 3. The predicted octanol–water partition coefficient (Wildman–Crippen LogP) is 2.29. The molecule has 0 bridgehead atoms. The number of rotatable bonds is 7. The molecule has 8 heteroatoms. The highest BCUT2D eigenvalue weighted by molar-refractivity contribution is 7.89. The first-order chi connectivity index (χ1) is 9.48. The number of hydrogen-bond acceptors (Lipinski definition) is 7. The summed E-state index contributed by atoms with van der Waals surface area (Å²) in [5.41, 5.74) is 0. The molecule has 0 spiro atoms. The van der Waals surface area contributed by atoms with Crippen LogP contribution in [0.5, 0.6) is 0 Å². The highest BCUT2D eigenvalue weighted by atomic mass is 32.2. The first-order valence-electron chi connectivity index (χ1n) is 6.41.